The van der Waals surface area contributed by atoms with E-state index in [1.54, 1.807) is 69.6 Å². The maximum Gasteiger partial charge on any atom is 0.282 e. The van der Waals surface area contributed by atoms with Gasteiger partial charge in [0, 0.05) is 16.4 Å². The van der Waals surface area contributed by atoms with Crippen molar-refractivity contribution in [2.24, 2.45) is 0 Å². The van der Waals surface area contributed by atoms with E-state index in [0.29, 0.717) is 16.4 Å². The molecule has 2 aromatic carbocycles. The molecule has 0 saturated heterocycles. The molecule has 0 fully saturated rings. The molecule has 2 rings (SSSR count). The van der Waals surface area contributed by atoms with Crippen LogP contribution in [0.1, 0.15) is 6.92 Å². The van der Waals surface area contributed by atoms with Crippen molar-refractivity contribution in [2.75, 3.05) is 31.3 Å². The van der Waals surface area contributed by atoms with Gasteiger partial charge in [-0.3, -0.25) is 9.59 Å². The van der Waals surface area contributed by atoms with Gasteiger partial charge < -0.3 is 20.3 Å². The first-order valence-corrected chi connectivity index (χ1v) is 8.59. The lowest BCUT2D eigenvalue weighted by atomic mass is 10.2. The molecule has 2 aromatic rings. The van der Waals surface area contributed by atoms with Gasteiger partial charge in [0.05, 0.1) is 14.2 Å². The zero-order valence-electron chi connectivity index (χ0n) is 15.0. The van der Waals surface area contributed by atoms with Crippen molar-refractivity contribution in [2.45, 2.75) is 13.0 Å². The zero-order valence-corrected chi connectivity index (χ0v) is 15.8. The highest BCUT2D eigenvalue weighted by molar-refractivity contribution is 6.30. The zero-order chi connectivity index (χ0) is 19.1. The molecule has 26 heavy (non-hydrogen) atoms. The Morgan fingerprint density at radius 3 is 2.15 bits per heavy atom. The fourth-order valence-electron chi connectivity index (χ4n) is 2.29. The van der Waals surface area contributed by atoms with Crippen LogP contribution in [0.5, 0.6) is 5.75 Å². The van der Waals surface area contributed by atoms with Gasteiger partial charge >= 0.3 is 0 Å². The summed E-state index contributed by atoms with van der Waals surface area (Å²) in [5.41, 5.74) is 1.35. The fourth-order valence-corrected chi connectivity index (χ4v) is 2.42. The molecule has 0 aliphatic rings. The van der Waals surface area contributed by atoms with E-state index in [-0.39, 0.29) is 18.4 Å². The Labute approximate surface area is 158 Å². The van der Waals surface area contributed by atoms with Gasteiger partial charge in [-0.15, -0.1) is 0 Å². The highest BCUT2D eigenvalue weighted by Crippen LogP contribution is 2.15. The molecule has 0 bridgehead atoms. The second-order valence-electron chi connectivity index (χ2n) is 6.02. The monoisotopic (exact) mass is 376 g/mol. The minimum absolute atomic E-state index is 0.165. The van der Waals surface area contributed by atoms with Crippen molar-refractivity contribution >= 4 is 34.8 Å². The average Bonchev–Trinajstić information content (AvgIpc) is 2.63. The van der Waals surface area contributed by atoms with Gasteiger partial charge in [-0.25, -0.2) is 0 Å². The number of hydrogen-bond acceptors (Lipinski definition) is 3. The highest BCUT2D eigenvalue weighted by Gasteiger charge is 2.24. The number of hydrogen-bond donors (Lipinski definition) is 3. The molecule has 0 radical (unpaired) electrons. The van der Waals surface area contributed by atoms with Gasteiger partial charge in [0.25, 0.3) is 11.8 Å². The second kappa shape index (κ2) is 9.22. The van der Waals surface area contributed by atoms with E-state index in [1.165, 1.54) is 0 Å². The van der Waals surface area contributed by atoms with Crippen molar-refractivity contribution in [1.29, 1.82) is 0 Å². The molecule has 0 heterocycles. The van der Waals surface area contributed by atoms with Crippen molar-refractivity contribution in [1.82, 2.24) is 0 Å². The lowest BCUT2D eigenvalue weighted by Gasteiger charge is -2.20. The van der Waals surface area contributed by atoms with E-state index < -0.39 is 6.04 Å². The smallest absolute Gasteiger partial charge is 0.282 e. The molecular formula is C19H23ClN3O3+. The van der Waals surface area contributed by atoms with Gasteiger partial charge in [0.1, 0.15) is 5.75 Å². The molecule has 0 saturated carbocycles. The van der Waals surface area contributed by atoms with Crippen molar-refractivity contribution in [3.8, 4) is 5.75 Å². The Bertz CT molecular complexity index is 748. The summed E-state index contributed by atoms with van der Waals surface area (Å²) in [6, 6.07) is 13.6. The average molecular weight is 377 g/mol. The van der Waals surface area contributed by atoms with Gasteiger partial charge in [-0.05, 0) is 55.5 Å². The number of carbonyl (C=O) groups is 2. The number of ether oxygens (including phenoxy) is 1. The molecule has 6 nitrogen and oxygen atoms in total. The summed E-state index contributed by atoms with van der Waals surface area (Å²) >= 11 is 5.83. The van der Waals surface area contributed by atoms with Crippen LogP contribution >= 0.6 is 11.6 Å². The summed E-state index contributed by atoms with van der Waals surface area (Å²) < 4.78 is 5.08. The van der Waals surface area contributed by atoms with Crippen molar-refractivity contribution in [3.05, 3.63) is 53.6 Å². The first kappa shape index (κ1) is 19.8. The number of carbonyl (C=O) groups excluding carboxylic acids is 2. The van der Waals surface area contributed by atoms with Gasteiger partial charge in [-0.1, -0.05) is 11.6 Å². The molecule has 0 aliphatic heterocycles. The van der Waals surface area contributed by atoms with Crippen LogP contribution in [0.2, 0.25) is 5.02 Å². The molecule has 0 aromatic heterocycles. The maximum atomic E-state index is 12.3. The minimum atomic E-state index is -0.396. The van der Waals surface area contributed by atoms with E-state index in [4.69, 9.17) is 16.3 Å². The Balaban J connectivity index is 1.86. The van der Waals surface area contributed by atoms with Crippen LogP contribution < -0.4 is 20.3 Å². The van der Waals surface area contributed by atoms with E-state index in [9.17, 15) is 9.59 Å². The predicted octanol–water partition coefficient (Wildman–Crippen LogP) is 1.83. The topological polar surface area (TPSA) is 71.9 Å². The quantitative estimate of drug-likeness (QED) is 0.690. The number of quaternary nitrogens is 1. The number of anilines is 2. The number of halogens is 1. The largest absolute Gasteiger partial charge is 0.497 e. The Kier molecular flexibility index (Phi) is 7.00. The molecule has 3 N–H and O–H groups in total. The summed E-state index contributed by atoms with van der Waals surface area (Å²) in [7, 11) is 3.39. The second-order valence-corrected chi connectivity index (χ2v) is 6.45. The van der Waals surface area contributed by atoms with Crippen LogP contribution in [0.4, 0.5) is 11.4 Å². The first-order valence-electron chi connectivity index (χ1n) is 8.21. The number of likely N-dealkylation sites (N-methyl/N-ethyl adjacent to an activating group) is 1. The predicted molar refractivity (Wildman–Crippen MR) is 103 cm³/mol. The van der Waals surface area contributed by atoms with Crippen molar-refractivity contribution < 1.29 is 19.2 Å². The Hall–Kier alpha value is -2.57. The normalized spacial score (nSPS) is 12.8. The highest BCUT2D eigenvalue weighted by atomic mass is 35.5. The molecule has 2 amide bonds. The van der Waals surface area contributed by atoms with Gasteiger partial charge in [0.15, 0.2) is 12.6 Å². The third kappa shape index (κ3) is 5.75. The number of rotatable bonds is 7. The lowest BCUT2D eigenvalue weighted by molar-refractivity contribution is -0.885. The number of benzene rings is 2. The summed E-state index contributed by atoms with van der Waals surface area (Å²) in [6.45, 7) is 1.95. The molecule has 0 spiro atoms. The van der Waals surface area contributed by atoms with E-state index in [1.807, 2.05) is 0 Å². The summed E-state index contributed by atoms with van der Waals surface area (Å²) in [6.07, 6.45) is 0. The van der Waals surface area contributed by atoms with Crippen LogP contribution in [-0.2, 0) is 9.59 Å². The van der Waals surface area contributed by atoms with Gasteiger partial charge in [-0.2, -0.15) is 0 Å². The third-order valence-electron chi connectivity index (χ3n) is 4.06. The van der Waals surface area contributed by atoms with Crippen LogP contribution in [0.25, 0.3) is 0 Å². The number of nitrogens with one attached hydrogen (secondary N) is 3. The van der Waals surface area contributed by atoms with Crippen molar-refractivity contribution in [3.63, 3.8) is 0 Å². The molecule has 0 aliphatic carbocycles. The minimum Gasteiger partial charge on any atom is -0.497 e. The summed E-state index contributed by atoms with van der Waals surface area (Å²) in [4.78, 5) is 25.3. The van der Waals surface area contributed by atoms with Crippen LogP contribution in [-0.4, -0.2) is 38.6 Å². The SMILES string of the molecule is COc1ccc(NC(=O)C[NH+](C)[C@H](C)C(=O)Nc2ccc(Cl)cc2)cc1. The Morgan fingerprint density at radius 1 is 1.04 bits per heavy atom. The first-order chi connectivity index (χ1) is 12.4. The summed E-state index contributed by atoms with van der Waals surface area (Å²) in [5, 5.41) is 6.24. The molecular weight excluding hydrogens is 354 g/mol. The van der Waals surface area contributed by atoms with Crippen LogP contribution in [0, 0.1) is 0 Å². The van der Waals surface area contributed by atoms with Crippen LogP contribution in [0.3, 0.4) is 0 Å². The third-order valence-corrected chi connectivity index (χ3v) is 4.31. The lowest BCUT2D eigenvalue weighted by Crippen LogP contribution is -3.14. The van der Waals surface area contributed by atoms with Crippen LogP contribution in [0.15, 0.2) is 48.5 Å². The summed E-state index contributed by atoms with van der Waals surface area (Å²) in [5.74, 6) is 0.388. The number of methoxy groups -OCH3 is 1. The Morgan fingerprint density at radius 2 is 1.58 bits per heavy atom. The molecule has 2 atom stereocenters. The maximum absolute atomic E-state index is 12.3. The van der Waals surface area contributed by atoms with E-state index in [0.717, 1.165) is 10.6 Å². The van der Waals surface area contributed by atoms with E-state index >= 15 is 0 Å². The molecule has 7 heteroatoms. The number of amides is 2. The fraction of sp³-hybridized carbons (Fsp3) is 0.263. The molecule has 1 unspecified atom stereocenters. The molecule has 138 valence electrons. The van der Waals surface area contributed by atoms with Gasteiger partial charge in [0.2, 0.25) is 0 Å². The standard InChI is InChI=1S/C19H22ClN3O3/c1-13(19(25)22-16-6-4-14(20)5-7-16)23(2)12-18(24)21-15-8-10-17(26-3)11-9-15/h4-11,13H,12H2,1-3H3,(H,21,24)(H,22,25)/p+1/t13-/m1/s1. The van der Waals surface area contributed by atoms with E-state index in [2.05, 4.69) is 10.6 Å².